The molecule has 2 fully saturated rings. The molecule has 1 unspecified atom stereocenters. The highest BCUT2D eigenvalue weighted by molar-refractivity contribution is 5.83. The molecular formula is C21H34N4O. The van der Waals surface area contributed by atoms with Gasteiger partial charge in [-0.3, -0.25) is 14.6 Å². The zero-order chi connectivity index (χ0) is 18.5. The molecule has 2 aliphatic rings. The van der Waals surface area contributed by atoms with Crippen LogP contribution in [0.3, 0.4) is 0 Å². The average Bonchev–Trinajstić information content (AvgIpc) is 3.15. The standard InChI is InChI=1S/C21H34N4O/c1-18-8-4-5-9-19(18)20(22(2)3)21(26)25-16-14-24(15-17-25)13-12-23-10-6-7-11-23/h4-5,8-9,20H,6-7,10-17H2,1-3H3. The Morgan fingerprint density at radius 2 is 1.54 bits per heavy atom. The van der Waals surface area contributed by atoms with E-state index in [1.54, 1.807) is 0 Å². The van der Waals surface area contributed by atoms with E-state index in [1.165, 1.54) is 38.0 Å². The maximum absolute atomic E-state index is 13.2. The number of likely N-dealkylation sites (tertiary alicyclic amines) is 1. The van der Waals surface area contributed by atoms with Crippen molar-refractivity contribution in [1.82, 2.24) is 19.6 Å². The van der Waals surface area contributed by atoms with Crippen LogP contribution in [-0.4, -0.2) is 92.0 Å². The normalized spacial score (nSPS) is 20.7. The molecule has 0 saturated carbocycles. The fourth-order valence-electron chi connectivity index (χ4n) is 4.18. The third-order valence-corrected chi connectivity index (χ3v) is 5.85. The van der Waals surface area contributed by atoms with Crippen LogP contribution < -0.4 is 0 Å². The van der Waals surface area contributed by atoms with Gasteiger partial charge in [0, 0.05) is 39.3 Å². The Morgan fingerprint density at radius 1 is 0.962 bits per heavy atom. The molecule has 5 heteroatoms. The molecule has 0 aromatic heterocycles. The highest BCUT2D eigenvalue weighted by Gasteiger charge is 2.30. The summed E-state index contributed by atoms with van der Waals surface area (Å²) >= 11 is 0. The van der Waals surface area contributed by atoms with Crippen molar-refractivity contribution in [1.29, 1.82) is 0 Å². The van der Waals surface area contributed by atoms with Crippen molar-refractivity contribution in [2.45, 2.75) is 25.8 Å². The minimum Gasteiger partial charge on any atom is -0.338 e. The number of aryl methyl sites for hydroxylation is 1. The summed E-state index contributed by atoms with van der Waals surface area (Å²) in [6, 6.07) is 8.06. The molecule has 144 valence electrons. The summed E-state index contributed by atoms with van der Waals surface area (Å²) < 4.78 is 0. The summed E-state index contributed by atoms with van der Waals surface area (Å²) in [6.45, 7) is 10.6. The van der Waals surface area contributed by atoms with E-state index >= 15 is 0 Å². The van der Waals surface area contributed by atoms with E-state index in [2.05, 4.69) is 33.8 Å². The number of amides is 1. The molecule has 1 aromatic rings. The molecule has 2 heterocycles. The first kappa shape index (κ1) is 19.3. The molecule has 0 spiro atoms. The van der Waals surface area contributed by atoms with Gasteiger partial charge in [0.25, 0.3) is 0 Å². The molecule has 2 aliphatic heterocycles. The molecule has 0 bridgehead atoms. The van der Waals surface area contributed by atoms with Gasteiger partial charge in [-0.1, -0.05) is 24.3 Å². The second-order valence-corrected chi connectivity index (χ2v) is 7.94. The van der Waals surface area contributed by atoms with Crippen LogP contribution in [-0.2, 0) is 4.79 Å². The minimum atomic E-state index is -0.188. The number of likely N-dealkylation sites (N-methyl/N-ethyl adjacent to an activating group) is 1. The van der Waals surface area contributed by atoms with Crippen LogP contribution in [0.5, 0.6) is 0 Å². The molecule has 0 aliphatic carbocycles. The van der Waals surface area contributed by atoms with Crippen molar-refractivity contribution >= 4 is 5.91 Å². The summed E-state index contributed by atoms with van der Waals surface area (Å²) in [5, 5.41) is 0. The molecule has 0 N–H and O–H groups in total. The fraction of sp³-hybridized carbons (Fsp3) is 0.667. The monoisotopic (exact) mass is 358 g/mol. The van der Waals surface area contributed by atoms with Crippen LogP contribution >= 0.6 is 0 Å². The summed E-state index contributed by atoms with van der Waals surface area (Å²) in [6.07, 6.45) is 2.71. The van der Waals surface area contributed by atoms with Gasteiger partial charge in [0.2, 0.25) is 5.91 Å². The van der Waals surface area contributed by atoms with Crippen LogP contribution in [0.15, 0.2) is 24.3 Å². The first-order chi connectivity index (χ1) is 12.6. The maximum Gasteiger partial charge on any atom is 0.244 e. The smallest absolute Gasteiger partial charge is 0.244 e. The summed E-state index contributed by atoms with van der Waals surface area (Å²) in [5.41, 5.74) is 2.31. The van der Waals surface area contributed by atoms with Crippen LogP contribution in [0, 0.1) is 6.92 Å². The quantitative estimate of drug-likeness (QED) is 0.776. The maximum atomic E-state index is 13.2. The Hall–Kier alpha value is -1.43. The zero-order valence-electron chi connectivity index (χ0n) is 16.7. The molecule has 1 aromatic carbocycles. The molecule has 2 saturated heterocycles. The number of nitrogens with zero attached hydrogens (tertiary/aromatic N) is 4. The van der Waals surface area contributed by atoms with E-state index in [-0.39, 0.29) is 11.9 Å². The topological polar surface area (TPSA) is 30.0 Å². The Labute approximate surface area is 158 Å². The lowest BCUT2D eigenvalue weighted by Gasteiger charge is -2.38. The van der Waals surface area contributed by atoms with Gasteiger partial charge in [-0.2, -0.15) is 0 Å². The Balaban J connectivity index is 1.55. The number of carbonyl (C=O) groups excluding carboxylic acids is 1. The number of rotatable bonds is 6. The van der Waals surface area contributed by atoms with Gasteiger partial charge in [-0.25, -0.2) is 0 Å². The predicted octanol–water partition coefficient (Wildman–Crippen LogP) is 1.84. The molecule has 5 nitrogen and oxygen atoms in total. The first-order valence-corrected chi connectivity index (χ1v) is 10.0. The van der Waals surface area contributed by atoms with Gasteiger partial charge in [-0.05, 0) is 58.1 Å². The number of hydrogen-bond donors (Lipinski definition) is 0. The molecule has 3 rings (SSSR count). The van der Waals surface area contributed by atoms with Gasteiger partial charge in [0.15, 0.2) is 0 Å². The molecule has 26 heavy (non-hydrogen) atoms. The van der Waals surface area contributed by atoms with Crippen molar-refractivity contribution in [3.05, 3.63) is 35.4 Å². The SMILES string of the molecule is Cc1ccccc1C(C(=O)N1CCN(CCN2CCCC2)CC1)N(C)C. The van der Waals surface area contributed by atoms with Crippen LogP contribution in [0.25, 0.3) is 0 Å². The fourth-order valence-corrected chi connectivity index (χ4v) is 4.18. The molecule has 0 radical (unpaired) electrons. The predicted molar refractivity (Wildman–Crippen MR) is 106 cm³/mol. The first-order valence-electron chi connectivity index (χ1n) is 10.0. The summed E-state index contributed by atoms with van der Waals surface area (Å²) in [5.74, 6) is 0.239. The number of carbonyl (C=O) groups is 1. The summed E-state index contributed by atoms with van der Waals surface area (Å²) in [7, 11) is 4.00. The third-order valence-electron chi connectivity index (χ3n) is 5.85. The van der Waals surface area contributed by atoms with Crippen LogP contribution in [0.1, 0.15) is 30.0 Å². The van der Waals surface area contributed by atoms with E-state index in [0.717, 1.165) is 38.3 Å². The third kappa shape index (κ3) is 4.64. The lowest BCUT2D eigenvalue weighted by molar-refractivity contribution is -0.138. The van der Waals surface area contributed by atoms with Crippen molar-refractivity contribution in [2.75, 3.05) is 66.5 Å². The van der Waals surface area contributed by atoms with E-state index < -0.39 is 0 Å². The van der Waals surface area contributed by atoms with Crippen LogP contribution in [0.4, 0.5) is 0 Å². The summed E-state index contributed by atoms with van der Waals surface area (Å²) in [4.78, 5) is 22.4. The van der Waals surface area contributed by atoms with Gasteiger partial charge in [0.1, 0.15) is 6.04 Å². The van der Waals surface area contributed by atoms with E-state index in [4.69, 9.17) is 0 Å². The van der Waals surface area contributed by atoms with E-state index in [9.17, 15) is 4.79 Å². The lowest BCUT2D eigenvalue weighted by atomic mass is 9.99. The number of hydrogen-bond acceptors (Lipinski definition) is 4. The van der Waals surface area contributed by atoms with Gasteiger partial charge in [0.05, 0.1) is 0 Å². The Morgan fingerprint density at radius 3 is 2.12 bits per heavy atom. The van der Waals surface area contributed by atoms with Gasteiger partial charge < -0.3 is 9.80 Å². The lowest BCUT2D eigenvalue weighted by Crippen LogP contribution is -2.52. The van der Waals surface area contributed by atoms with Gasteiger partial charge >= 0.3 is 0 Å². The Kier molecular flexibility index (Phi) is 6.68. The second-order valence-electron chi connectivity index (χ2n) is 7.94. The van der Waals surface area contributed by atoms with E-state index in [1.807, 2.05) is 31.1 Å². The number of piperazine rings is 1. The molecular weight excluding hydrogens is 324 g/mol. The highest BCUT2D eigenvalue weighted by Crippen LogP contribution is 2.24. The van der Waals surface area contributed by atoms with E-state index in [0.29, 0.717) is 0 Å². The molecule has 1 amide bonds. The largest absolute Gasteiger partial charge is 0.338 e. The van der Waals surface area contributed by atoms with Crippen molar-refractivity contribution in [2.24, 2.45) is 0 Å². The van der Waals surface area contributed by atoms with Crippen molar-refractivity contribution in [3.8, 4) is 0 Å². The highest BCUT2D eigenvalue weighted by atomic mass is 16.2. The molecule has 1 atom stereocenters. The van der Waals surface area contributed by atoms with Crippen molar-refractivity contribution in [3.63, 3.8) is 0 Å². The zero-order valence-corrected chi connectivity index (χ0v) is 16.7. The number of benzene rings is 1. The average molecular weight is 359 g/mol. The van der Waals surface area contributed by atoms with Gasteiger partial charge in [-0.15, -0.1) is 0 Å². The minimum absolute atomic E-state index is 0.188. The Bertz CT molecular complexity index is 589. The second kappa shape index (κ2) is 8.98. The van der Waals surface area contributed by atoms with Crippen molar-refractivity contribution < 1.29 is 4.79 Å². The van der Waals surface area contributed by atoms with Crippen LogP contribution in [0.2, 0.25) is 0 Å².